The fraction of sp³-hybridized carbons (Fsp3) is 0.400. The number of carbonyl (C=O) groups is 1. The average molecular weight is 443 g/mol. The van der Waals surface area contributed by atoms with Crippen molar-refractivity contribution in [2.45, 2.75) is 26.0 Å². The lowest BCUT2D eigenvalue weighted by molar-refractivity contribution is -0.116. The van der Waals surface area contributed by atoms with Gasteiger partial charge in [-0.15, -0.1) is 0 Å². The molecule has 1 atom stereocenters. The highest BCUT2D eigenvalue weighted by Crippen LogP contribution is 2.29. The molecular formula is C25H31FN2O4. The summed E-state index contributed by atoms with van der Waals surface area (Å²) in [7, 11) is 1.59. The van der Waals surface area contributed by atoms with Crippen molar-refractivity contribution in [1.29, 1.82) is 0 Å². The monoisotopic (exact) mass is 442 g/mol. The zero-order chi connectivity index (χ0) is 22.9. The van der Waals surface area contributed by atoms with E-state index in [-0.39, 0.29) is 23.9 Å². The van der Waals surface area contributed by atoms with Crippen molar-refractivity contribution in [3.8, 4) is 11.5 Å². The maximum atomic E-state index is 13.4. The average Bonchev–Trinajstić information content (AvgIpc) is 2.80. The van der Waals surface area contributed by atoms with Crippen molar-refractivity contribution in [2.75, 3.05) is 40.0 Å². The normalized spacial score (nSPS) is 15.7. The smallest absolute Gasteiger partial charge is 0.244 e. The third-order valence-corrected chi connectivity index (χ3v) is 5.19. The van der Waals surface area contributed by atoms with Gasteiger partial charge in [0.25, 0.3) is 0 Å². The van der Waals surface area contributed by atoms with E-state index in [1.807, 2.05) is 32.0 Å². The molecule has 1 unspecified atom stereocenters. The molecule has 7 heteroatoms. The molecule has 0 aliphatic carbocycles. The summed E-state index contributed by atoms with van der Waals surface area (Å²) in [4.78, 5) is 14.7. The lowest BCUT2D eigenvalue weighted by Crippen LogP contribution is -2.43. The van der Waals surface area contributed by atoms with E-state index in [1.165, 1.54) is 18.2 Å². The second kappa shape index (κ2) is 11.6. The molecule has 1 aliphatic heterocycles. The number of benzene rings is 2. The van der Waals surface area contributed by atoms with Crippen LogP contribution in [-0.4, -0.2) is 56.9 Å². The van der Waals surface area contributed by atoms with Gasteiger partial charge in [-0.05, 0) is 55.3 Å². The van der Waals surface area contributed by atoms with Crippen molar-refractivity contribution < 1.29 is 23.4 Å². The minimum atomic E-state index is -0.276. The van der Waals surface area contributed by atoms with Crippen LogP contribution < -0.4 is 14.8 Å². The molecular weight excluding hydrogens is 411 g/mol. The van der Waals surface area contributed by atoms with E-state index in [4.69, 9.17) is 14.2 Å². The summed E-state index contributed by atoms with van der Waals surface area (Å²) in [6.45, 7) is 7.13. The second-order valence-corrected chi connectivity index (χ2v) is 7.87. The number of methoxy groups -OCH3 is 1. The molecule has 1 saturated heterocycles. The first-order chi connectivity index (χ1) is 15.5. The lowest BCUT2D eigenvalue weighted by Gasteiger charge is -2.34. The summed E-state index contributed by atoms with van der Waals surface area (Å²) in [5.41, 5.74) is 1.79. The van der Waals surface area contributed by atoms with E-state index < -0.39 is 0 Å². The third-order valence-electron chi connectivity index (χ3n) is 5.19. The number of hydrogen-bond donors (Lipinski definition) is 1. The topological polar surface area (TPSA) is 60.0 Å². The van der Waals surface area contributed by atoms with Gasteiger partial charge in [0.1, 0.15) is 5.82 Å². The Bertz CT molecular complexity index is 909. The molecule has 1 fully saturated rings. The fourth-order valence-corrected chi connectivity index (χ4v) is 3.60. The molecule has 1 aliphatic rings. The van der Waals surface area contributed by atoms with Crippen LogP contribution in [0.15, 0.2) is 48.5 Å². The van der Waals surface area contributed by atoms with Crippen molar-refractivity contribution in [3.05, 3.63) is 65.5 Å². The van der Waals surface area contributed by atoms with E-state index in [0.717, 1.165) is 24.2 Å². The predicted molar refractivity (Wildman–Crippen MR) is 122 cm³/mol. The minimum Gasteiger partial charge on any atom is -0.493 e. The van der Waals surface area contributed by atoms with Crippen LogP contribution >= 0.6 is 0 Å². The molecule has 32 heavy (non-hydrogen) atoms. The number of hydrogen-bond acceptors (Lipinski definition) is 5. The summed E-state index contributed by atoms with van der Waals surface area (Å²) in [6.07, 6.45) is 3.27. The van der Waals surface area contributed by atoms with Crippen LogP contribution in [-0.2, 0) is 9.53 Å². The van der Waals surface area contributed by atoms with Crippen molar-refractivity contribution >= 4 is 12.0 Å². The van der Waals surface area contributed by atoms with Gasteiger partial charge < -0.3 is 19.5 Å². The summed E-state index contributed by atoms with van der Waals surface area (Å²) in [5, 5.41) is 2.97. The molecule has 1 N–H and O–H groups in total. The first-order valence-electron chi connectivity index (χ1n) is 10.8. The molecule has 172 valence electrons. The number of rotatable bonds is 9. The maximum Gasteiger partial charge on any atom is 0.244 e. The molecule has 3 rings (SSSR count). The van der Waals surface area contributed by atoms with E-state index in [9.17, 15) is 9.18 Å². The Morgan fingerprint density at radius 3 is 2.53 bits per heavy atom. The Kier molecular flexibility index (Phi) is 8.64. The standard InChI is InChI=1S/C25H31FN2O4/c1-18(2)32-23-10-4-19(16-24(23)30-3)5-11-25(29)27-17-22(28-12-14-31-15-13-28)20-6-8-21(26)9-7-20/h4-11,16,18,22H,12-15,17H2,1-3H3,(H,27,29)/b11-5+. The molecule has 0 saturated carbocycles. The number of amides is 1. The Labute approximate surface area is 189 Å². The summed E-state index contributed by atoms with van der Waals surface area (Å²) in [6, 6.07) is 11.9. The number of nitrogens with one attached hydrogen (secondary N) is 1. The van der Waals surface area contributed by atoms with Crippen LogP contribution in [0, 0.1) is 5.82 Å². The number of morpholine rings is 1. The predicted octanol–water partition coefficient (Wildman–Crippen LogP) is 3.82. The second-order valence-electron chi connectivity index (χ2n) is 7.87. The van der Waals surface area contributed by atoms with Crippen molar-refractivity contribution in [3.63, 3.8) is 0 Å². The van der Waals surface area contributed by atoms with Crippen LogP contribution in [0.3, 0.4) is 0 Å². The molecule has 1 amide bonds. The Morgan fingerprint density at radius 2 is 1.88 bits per heavy atom. The maximum absolute atomic E-state index is 13.4. The summed E-state index contributed by atoms with van der Waals surface area (Å²) < 4.78 is 29.9. The highest BCUT2D eigenvalue weighted by Gasteiger charge is 2.23. The zero-order valence-corrected chi connectivity index (χ0v) is 18.8. The molecule has 2 aromatic carbocycles. The SMILES string of the molecule is COc1cc(/C=C/C(=O)NCC(c2ccc(F)cc2)N2CCOCC2)ccc1OC(C)C. The Morgan fingerprint density at radius 1 is 1.16 bits per heavy atom. The van der Waals surface area contributed by atoms with Gasteiger partial charge in [-0.1, -0.05) is 18.2 Å². The van der Waals surface area contributed by atoms with Gasteiger partial charge in [-0.2, -0.15) is 0 Å². The molecule has 2 aromatic rings. The van der Waals surface area contributed by atoms with E-state index >= 15 is 0 Å². The van der Waals surface area contributed by atoms with Gasteiger partial charge in [0.05, 0.1) is 32.5 Å². The van der Waals surface area contributed by atoms with Gasteiger partial charge in [-0.3, -0.25) is 9.69 Å². The highest BCUT2D eigenvalue weighted by atomic mass is 19.1. The first kappa shape index (κ1) is 23.8. The van der Waals surface area contributed by atoms with Gasteiger partial charge in [-0.25, -0.2) is 4.39 Å². The molecule has 6 nitrogen and oxygen atoms in total. The quantitative estimate of drug-likeness (QED) is 0.599. The third kappa shape index (κ3) is 6.80. The summed E-state index contributed by atoms with van der Waals surface area (Å²) in [5.74, 6) is 0.801. The molecule has 1 heterocycles. The zero-order valence-electron chi connectivity index (χ0n) is 18.8. The molecule has 0 spiro atoms. The fourth-order valence-electron chi connectivity index (χ4n) is 3.60. The number of ether oxygens (including phenoxy) is 3. The van der Waals surface area contributed by atoms with Crippen molar-refractivity contribution in [1.82, 2.24) is 10.2 Å². The Hall–Kier alpha value is -2.90. The number of halogens is 1. The molecule has 0 bridgehead atoms. The highest BCUT2D eigenvalue weighted by molar-refractivity contribution is 5.91. The van der Waals surface area contributed by atoms with Crippen molar-refractivity contribution in [2.24, 2.45) is 0 Å². The molecule has 0 aromatic heterocycles. The Balaban J connectivity index is 1.64. The van der Waals surface area contributed by atoms with E-state index in [2.05, 4.69) is 10.2 Å². The number of carbonyl (C=O) groups excluding carboxylic acids is 1. The number of nitrogens with zero attached hydrogens (tertiary/aromatic N) is 1. The first-order valence-corrected chi connectivity index (χ1v) is 10.8. The summed E-state index contributed by atoms with van der Waals surface area (Å²) >= 11 is 0. The van der Waals surface area contributed by atoms with Gasteiger partial charge in [0.15, 0.2) is 11.5 Å². The molecule has 0 radical (unpaired) electrons. The van der Waals surface area contributed by atoms with E-state index in [1.54, 1.807) is 25.3 Å². The van der Waals surface area contributed by atoms with Crippen LogP contribution in [0.25, 0.3) is 6.08 Å². The van der Waals surface area contributed by atoms with Gasteiger partial charge >= 0.3 is 0 Å². The van der Waals surface area contributed by atoms with Crippen LogP contribution in [0.1, 0.15) is 31.0 Å². The van der Waals surface area contributed by atoms with E-state index in [0.29, 0.717) is 31.3 Å². The van der Waals surface area contributed by atoms with Gasteiger partial charge in [0.2, 0.25) is 5.91 Å². The van der Waals surface area contributed by atoms with Gasteiger partial charge in [0, 0.05) is 25.7 Å². The minimum absolute atomic E-state index is 0.0385. The largest absolute Gasteiger partial charge is 0.493 e. The van der Waals surface area contributed by atoms with Crippen LogP contribution in [0.2, 0.25) is 0 Å². The lowest BCUT2D eigenvalue weighted by atomic mass is 10.0. The van der Waals surface area contributed by atoms with Crippen LogP contribution in [0.5, 0.6) is 11.5 Å². The van der Waals surface area contributed by atoms with Crippen LogP contribution in [0.4, 0.5) is 4.39 Å².